The number of carbonyl (C=O) groups is 2. The third-order valence-corrected chi connectivity index (χ3v) is 2.44. The van der Waals surface area contributed by atoms with Crippen molar-refractivity contribution in [2.24, 2.45) is 11.8 Å². The summed E-state index contributed by atoms with van der Waals surface area (Å²) in [6, 6.07) is 6.48. The van der Waals surface area contributed by atoms with Gasteiger partial charge in [0.15, 0.2) is 0 Å². The Morgan fingerprint density at radius 1 is 0.800 bits per heavy atom. The van der Waals surface area contributed by atoms with Gasteiger partial charge >= 0.3 is 11.9 Å². The van der Waals surface area contributed by atoms with Crippen LogP contribution in [0.4, 0.5) is 0 Å². The molecule has 20 heavy (non-hydrogen) atoms. The summed E-state index contributed by atoms with van der Waals surface area (Å²) in [7, 11) is 0. The lowest BCUT2D eigenvalue weighted by Gasteiger charge is -2.08. The van der Waals surface area contributed by atoms with Crippen LogP contribution in [-0.2, 0) is 9.59 Å². The van der Waals surface area contributed by atoms with Crippen molar-refractivity contribution in [1.82, 2.24) is 0 Å². The molecule has 0 amide bonds. The highest BCUT2D eigenvalue weighted by atomic mass is 16.5. The predicted molar refractivity (Wildman–Crippen MR) is 76.6 cm³/mol. The minimum Gasteiger partial charge on any atom is -0.427 e. The number of ether oxygens (including phenoxy) is 2. The Bertz CT molecular complexity index is 403. The minimum absolute atomic E-state index is 0.260. The Hall–Kier alpha value is -1.84. The molecule has 0 atom stereocenters. The first-order chi connectivity index (χ1) is 9.36. The molecule has 0 aliphatic rings. The van der Waals surface area contributed by atoms with E-state index in [1.807, 2.05) is 27.7 Å². The quantitative estimate of drug-likeness (QED) is 0.589. The highest BCUT2D eigenvalue weighted by Crippen LogP contribution is 2.19. The number of carbonyl (C=O) groups excluding carboxylic acids is 2. The first-order valence-electron chi connectivity index (χ1n) is 6.88. The summed E-state index contributed by atoms with van der Waals surface area (Å²) in [5.41, 5.74) is 0. The normalized spacial score (nSPS) is 10.7. The molecule has 0 unspecified atom stereocenters. The van der Waals surface area contributed by atoms with Gasteiger partial charge in [0.25, 0.3) is 0 Å². The second-order valence-corrected chi connectivity index (χ2v) is 5.62. The van der Waals surface area contributed by atoms with E-state index >= 15 is 0 Å². The summed E-state index contributed by atoms with van der Waals surface area (Å²) >= 11 is 0. The molecule has 0 aliphatic carbocycles. The second-order valence-electron chi connectivity index (χ2n) is 5.62. The monoisotopic (exact) mass is 278 g/mol. The molecule has 0 spiro atoms. The summed E-state index contributed by atoms with van der Waals surface area (Å²) in [6.45, 7) is 7.83. The van der Waals surface area contributed by atoms with Crippen LogP contribution in [0.1, 0.15) is 40.5 Å². The van der Waals surface area contributed by atoms with Gasteiger partial charge in [-0.25, -0.2) is 0 Å². The molecule has 1 rings (SSSR count). The van der Waals surface area contributed by atoms with Gasteiger partial charge in [-0.05, 0) is 36.1 Å². The molecule has 4 heteroatoms. The first-order valence-corrected chi connectivity index (χ1v) is 6.88. The maximum absolute atomic E-state index is 11.5. The summed E-state index contributed by atoms with van der Waals surface area (Å²) < 4.78 is 10.3. The highest BCUT2D eigenvalue weighted by molar-refractivity contribution is 5.73. The lowest BCUT2D eigenvalue weighted by atomic mass is 10.1. The van der Waals surface area contributed by atoms with Gasteiger partial charge < -0.3 is 9.47 Å². The summed E-state index contributed by atoms with van der Waals surface area (Å²) in [5, 5.41) is 0. The maximum Gasteiger partial charge on any atom is 0.311 e. The van der Waals surface area contributed by atoms with E-state index in [4.69, 9.17) is 9.47 Å². The second kappa shape index (κ2) is 7.68. The fourth-order valence-electron chi connectivity index (χ4n) is 1.59. The molecular formula is C16H22O4. The molecule has 4 nitrogen and oxygen atoms in total. The van der Waals surface area contributed by atoms with E-state index < -0.39 is 0 Å². The maximum atomic E-state index is 11.5. The van der Waals surface area contributed by atoms with E-state index in [0.717, 1.165) is 0 Å². The van der Waals surface area contributed by atoms with E-state index in [1.165, 1.54) is 0 Å². The fraction of sp³-hybridized carbons (Fsp3) is 0.500. The first kappa shape index (κ1) is 16.2. The highest BCUT2D eigenvalue weighted by Gasteiger charge is 2.09. The number of hydrogen-bond donors (Lipinski definition) is 0. The molecule has 0 aromatic heterocycles. The zero-order valence-corrected chi connectivity index (χ0v) is 12.5. The molecule has 110 valence electrons. The van der Waals surface area contributed by atoms with Crippen molar-refractivity contribution in [2.45, 2.75) is 40.5 Å². The third kappa shape index (κ3) is 6.36. The molecule has 0 bridgehead atoms. The van der Waals surface area contributed by atoms with Gasteiger partial charge in [0.1, 0.15) is 11.5 Å². The van der Waals surface area contributed by atoms with E-state index in [2.05, 4.69) is 0 Å². The van der Waals surface area contributed by atoms with Crippen molar-refractivity contribution >= 4 is 11.9 Å². The standard InChI is InChI=1S/C16H22O4/c1-11(2)9-15(17)19-13-5-7-14(8-6-13)20-16(18)10-12(3)4/h5-8,11-12H,9-10H2,1-4H3. The van der Waals surface area contributed by atoms with Crippen molar-refractivity contribution in [3.8, 4) is 11.5 Å². The molecule has 0 saturated heterocycles. The summed E-state index contributed by atoms with van der Waals surface area (Å²) in [4.78, 5) is 23.0. The number of hydrogen-bond acceptors (Lipinski definition) is 4. The van der Waals surface area contributed by atoms with Crippen molar-refractivity contribution in [1.29, 1.82) is 0 Å². The molecule has 1 aromatic carbocycles. The van der Waals surface area contributed by atoms with Crippen LogP contribution in [0.5, 0.6) is 11.5 Å². The molecule has 0 fully saturated rings. The van der Waals surface area contributed by atoms with Gasteiger partial charge in [-0.2, -0.15) is 0 Å². The van der Waals surface area contributed by atoms with E-state index in [9.17, 15) is 9.59 Å². The number of benzene rings is 1. The van der Waals surface area contributed by atoms with Crippen LogP contribution < -0.4 is 9.47 Å². The third-order valence-electron chi connectivity index (χ3n) is 2.44. The molecular weight excluding hydrogens is 256 g/mol. The molecule has 0 N–H and O–H groups in total. The molecule has 0 heterocycles. The lowest BCUT2D eigenvalue weighted by Crippen LogP contribution is -2.11. The van der Waals surface area contributed by atoms with Crippen LogP contribution in [0.2, 0.25) is 0 Å². The predicted octanol–water partition coefficient (Wildman–Crippen LogP) is 3.59. The Morgan fingerprint density at radius 2 is 1.10 bits per heavy atom. The Labute approximate surface area is 120 Å². The lowest BCUT2D eigenvalue weighted by molar-refractivity contribution is -0.136. The average molecular weight is 278 g/mol. The van der Waals surface area contributed by atoms with Gasteiger partial charge in [0, 0.05) is 12.8 Å². The van der Waals surface area contributed by atoms with Crippen LogP contribution >= 0.6 is 0 Å². The minimum atomic E-state index is -0.260. The Kier molecular flexibility index (Phi) is 6.22. The van der Waals surface area contributed by atoms with Crippen LogP contribution in [-0.4, -0.2) is 11.9 Å². The summed E-state index contributed by atoms with van der Waals surface area (Å²) in [6.07, 6.45) is 0.760. The van der Waals surface area contributed by atoms with Gasteiger partial charge in [0.2, 0.25) is 0 Å². The van der Waals surface area contributed by atoms with Crippen molar-refractivity contribution in [2.75, 3.05) is 0 Å². The average Bonchev–Trinajstić information content (AvgIpc) is 2.29. The smallest absolute Gasteiger partial charge is 0.311 e. The van der Waals surface area contributed by atoms with Crippen LogP contribution in [0.15, 0.2) is 24.3 Å². The zero-order chi connectivity index (χ0) is 15.1. The largest absolute Gasteiger partial charge is 0.427 e. The summed E-state index contributed by atoms with van der Waals surface area (Å²) in [5.74, 6) is 0.922. The Morgan fingerprint density at radius 3 is 1.35 bits per heavy atom. The van der Waals surface area contributed by atoms with Gasteiger partial charge in [-0.3, -0.25) is 9.59 Å². The molecule has 0 radical (unpaired) electrons. The van der Waals surface area contributed by atoms with Gasteiger partial charge in [-0.1, -0.05) is 27.7 Å². The van der Waals surface area contributed by atoms with E-state index in [0.29, 0.717) is 24.3 Å². The van der Waals surface area contributed by atoms with Crippen molar-refractivity contribution < 1.29 is 19.1 Å². The van der Waals surface area contributed by atoms with E-state index in [1.54, 1.807) is 24.3 Å². The topological polar surface area (TPSA) is 52.6 Å². The molecule has 1 aromatic rings. The fourth-order valence-corrected chi connectivity index (χ4v) is 1.59. The van der Waals surface area contributed by atoms with Crippen molar-refractivity contribution in [3.05, 3.63) is 24.3 Å². The number of esters is 2. The molecule has 0 saturated carbocycles. The SMILES string of the molecule is CC(C)CC(=O)Oc1ccc(OC(=O)CC(C)C)cc1. The van der Waals surface area contributed by atoms with E-state index in [-0.39, 0.29) is 23.8 Å². The van der Waals surface area contributed by atoms with Crippen LogP contribution in [0.25, 0.3) is 0 Å². The Balaban J connectivity index is 2.52. The number of rotatable bonds is 6. The van der Waals surface area contributed by atoms with Crippen LogP contribution in [0.3, 0.4) is 0 Å². The van der Waals surface area contributed by atoms with Crippen molar-refractivity contribution in [3.63, 3.8) is 0 Å². The van der Waals surface area contributed by atoms with Gasteiger partial charge in [0.05, 0.1) is 0 Å². The van der Waals surface area contributed by atoms with Gasteiger partial charge in [-0.15, -0.1) is 0 Å². The zero-order valence-electron chi connectivity index (χ0n) is 12.5. The molecule has 0 aliphatic heterocycles. The van der Waals surface area contributed by atoms with Crippen LogP contribution in [0, 0.1) is 11.8 Å².